The molecule has 0 bridgehead atoms. The van der Waals surface area contributed by atoms with Gasteiger partial charge in [0.25, 0.3) is 0 Å². The number of hydrogen-bond donors (Lipinski definition) is 0. The predicted molar refractivity (Wildman–Crippen MR) is 62.3 cm³/mol. The maximum atomic E-state index is 11.5. The lowest BCUT2D eigenvalue weighted by molar-refractivity contribution is -0.133. The molecule has 0 atom stereocenters. The number of ether oxygens (including phenoxy) is 1. The van der Waals surface area contributed by atoms with Crippen LogP contribution in [0.4, 0.5) is 0 Å². The van der Waals surface area contributed by atoms with E-state index >= 15 is 0 Å². The number of ketones is 2. The van der Waals surface area contributed by atoms with Gasteiger partial charge in [0.15, 0.2) is 0 Å². The van der Waals surface area contributed by atoms with Crippen LogP contribution in [-0.2, 0) is 9.59 Å². The first-order chi connectivity index (χ1) is 7.60. The molecular formula is C13H14O3. The smallest absolute Gasteiger partial charge is 0.228 e. The van der Waals surface area contributed by atoms with Crippen molar-refractivity contribution in [2.24, 2.45) is 0 Å². The summed E-state index contributed by atoms with van der Waals surface area (Å²) < 4.78 is 5.00. The van der Waals surface area contributed by atoms with Crippen molar-refractivity contribution in [2.45, 2.75) is 13.3 Å². The Bertz CT molecular complexity index is 415. The normalized spacial score (nSPS) is 9.62. The topological polar surface area (TPSA) is 43.4 Å². The summed E-state index contributed by atoms with van der Waals surface area (Å²) in [7, 11) is 1.57. The van der Waals surface area contributed by atoms with E-state index in [4.69, 9.17) is 4.74 Å². The summed E-state index contributed by atoms with van der Waals surface area (Å²) in [6.07, 6.45) is 0.202. The number of carbonyl (C=O) groups is 2. The zero-order valence-electron chi connectivity index (χ0n) is 9.45. The Morgan fingerprint density at radius 1 is 1.25 bits per heavy atom. The van der Waals surface area contributed by atoms with Gasteiger partial charge in [0.05, 0.1) is 7.11 Å². The van der Waals surface area contributed by atoms with Crippen molar-refractivity contribution in [3.63, 3.8) is 0 Å². The van der Waals surface area contributed by atoms with Crippen molar-refractivity contribution in [3.05, 3.63) is 36.4 Å². The van der Waals surface area contributed by atoms with Crippen LogP contribution in [0.15, 0.2) is 30.8 Å². The van der Waals surface area contributed by atoms with Gasteiger partial charge in [-0.1, -0.05) is 25.6 Å². The number of hydrogen-bond acceptors (Lipinski definition) is 3. The second kappa shape index (κ2) is 5.26. The summed E-state index contributed by atoms with van der Waals surface area (Å²) in [5, 5.41) is 0. The molecule has 1 rings (SSSR count). The van der Waals surface area contributed by atoms with Crippen molar-refractivity contribution in [2.75, 3.05) is 7.11 Å². The molecule has 0 radical (unpaired) electrons. The predicted octanol–water partition coefficient (Wildman–Crippen LogP) is 2.26. The number of methoxy groups -OCH3 is 1. The minimum absolute atomic E-state index is 0.202. The standard InChI is InChI=1S/C13H14O3/c1-4-12(14)13(15)9(2)10-5-7-11(16-3)8-6-10/h5-8H,2,4H2,1,3H3. The van der Waals surface area contributed by atoms with Crippen LogP contribution in [-0.4, -0.2) is 18.7 Å². The maximum absolute atomic E-state index is 11.5. The highest BCUT2D eigenvalue weighted by Crippen LogP contribution is 2.18. The second-order valence-electron chi connectivity index (χ2n) is 3.31. The highest BCUT2D eigenvalue weighted by atomic mass is 16.5. The fraction of sp³-hybridized carbons (Fsp3) is 0.231. The average Bonchev–Trinajstić information content (AvgIpc) is 2.36. The molecule has 0 aliphatic carbocycles. The Balaban J connectivity index is 2.88. The van der Waals surface area contributed by atoms with Gasteiger partial charge < -0.3 is 4.74 Å². The number of allylic oxidation sites excluding steroid dienone is 1. The van der Waals surface area contributed by atoms with Crippen molar-refractivity contribution < 1.29 is 14.3 Å². The Hall–Kier alpha value is -1.90. The van der Waals surface area contributed by atoms with Gasteiger partial charge in [-0.05, 0) is 17.7 Å². The van der Waals surface area contributed by atoms with Crippen molar-refractivity contribution in [1.29, 1.82) is 0 Å². The Kier molecular flexibility index (Phi) is 4.00. The molecule has 0 unspecified atom stereocenters. The van der Waals surface area contributed by atoms with Gasteiger partial charge in [-0.25, -0.2) is 0 Å². The number of carbonyl (C=O) groups excluding carboxylic acids is 2. The molecule has 1 aromatic rings. The summed E-state index contributed by atoms with van der Waals surface area (Å²) in [5.74, 6) is -0.237. The zero-order valence-corrected chi connectivity index (χ0v) is 9.45. The molecule has 16 heavy (non-hydrogen) atoms. The first-order valence-electron chi connectivity index (χ1n) is 5.01. The van der Waals surface area contributed by atoms with Crippen LogP contribution >= 0.6 is 0 Å². The third-order valence-corrected chi connectivity index (χ3v) is 2.29. The van der Waals surface area contributed by atoms with E-state index < -0.39 is 11.6 Å². The molecule has 84 valence electrons. The van der Waals surface area contributed by atoms with Gasteiger partial charge >= 0.3 is 0 Å². The molecule has 0 aliphatic rings. The molecule has 0 saturated heterocycles. The van der Waals surface area contributed by atoms with E-state index in [0.29, 0.717) is 11.3 Å². The Labute approximate surface area is 94.7 Å². The van der Waals surface area contributed by atoms with Crippen LogP contribution in [0, 0.1) is 0 Å². The Morgan fingerprint density at radius 3 is 2.25 bits per heavy atom. The van der Waals surface area contributed by atoms with Crippen LogP contribution in [0.1, 0.15) is 18.9 Å². The lowest BCUT2D eigenvalue weighted by atomic mass is 10.00. The van der Waals surface area contributed by atoms with Crippen molar-refractivity contribution in [3.8, 4) is 5.75 Å². The largest absolute Gasteiger partial charge is 0.497 e. The van der Waals surface area contributed by atoms with Crippen LogP contribution in [0.2, 0.25) is 0 Å². The average molecular weight is 218 g/mol. The summed E-state index contributed by atoms with van der Waals surface area (Å²) in [6.45, 7) is 5.29. The van der Waals surface area contributed by atoms with E-state index in [-0.39, 0.29) is 12.0 Å². The molecule has 0 aliphatic heterocycles. The molecule has 0 heterocycles. The first kappa shape index (κ1) is 12.2. The van der Waals surface area contributed by atoms with E-state index in [2.05, 4.69) is 6.58 Å². The summed E-state index contributed by atoms with van der Waals surface area (Å²) in [6, 6.07) is 6.87. The molecular weight excluding hydrogens is 204 g/mol. The van der Waals surface area contributed by atoms with Gasteiger partial charge in [0.2, 0.25) is 11.6 Å². The fourth-order valence-corrected chi connectivity index (χ4v) is 1.25. The molecule has 0 spiro atoms. The molecule has 0 saturated carbocycles. The molecule has 0 N–H and O–H groups in total. The van der Waals surface area contributed by atoms with Gasteiger partial charge in [-0.3, -0.25) is 9.59 Å². The SMILES string of the molecule is C=C(C(=O)C(=O)CC)c1ccc(OC)cc1. The van der Waals surface area contributed by atoms with Gasteiger partial charge in [-0.2, -0.15) is 0 Å². The molecule has 0 amide bonds. The van der Waals surface area contributed by atoms with Crippen LogP contribution in [0.3, 0.4) is 0 Å². The first-order valence-corrected chi connectivity index (χ1v) is 5.01. The lowest BCUT2D eigenvalue weighted by Crippen LogP contribution is -2.13. The molecule has 1 aromatic carbocycles. The van der Waals surface area contributed by atoms with E-state index in [0.717, 1.165) is 0 Å². The highest BCUT2D eigenvalue weighted by molar-refractivity contribution is 6.53. The van der Waals surface area contributed by atoms with E-state index in [1.807, 2.05) is 0 Å². The summed E-state index contributed by atoms with van der Waals surface area (Å²) in [4.78, 5) is 22.8. The Morgan fingerprint density at radius 2 is 1.81 bits per heavy atom. The third-order valence-electron chi connectivity index (χ3n) is 2.29. The second-order valence-corrected chi connectivity index (χ2v) is 3.31. The van der Waals surface area contributed by atoms with Gasteiger partial charge in [-0.15, -0.1) is 0 Å². The van der Waals surface area contributed by atoms with E-state index in [1.165, 1.54) is 0 Å². The van der Waals surface area contributed by atoms with Gasteiger partial charge in [0, 0.05) is 12.0 Å². The minimum Gasteiger partial charge on any atom is -0.497 e. The van der Waals surface area contributed by atoms with Crippen molar-refractivity contribution in [1.82, 2.24) is 0 Å². The molecule has 3 heteroatoms. The van der Waals surface area contributed by atoms with Crippen LogP contribution < -0.4 is 4.74 Å². The van der Waals surface area contributed by atoms with Crippen LogP contribution in [0.5, 0.6) is 5.75 Å². The van der Waals surface area contributed by atoms with Crippen LogP contribution in [0.25, 0.3) is 5.57 Å². The molecule has 0 fully saturated rings. The zero-order chi connectivity index (χ0) is 12.1. The van der Waals surface area contributed by atoms with Crippen molar-refractivity contribution >= 4 is 17.1 Å². The highest BCUT2D eigenvalue weighted by Gasteiger charge is 2.16. The summed E-state index contributed by atoms with van der Waals surface area (Å²) >= 11 is 0. The minimum atomic E-state index is -0.521. The fourth-order valence-electron chi connectivity index (χ4n) is 1.25. The van der Waals surface area contributed by atoms with Gasteiger partial charge in [0.1, 0.15) is 5.75 Å². The molecule has 0 aromatic heterocycles. The maximum Gasteiger partial charge on any atom is 0.228 e. The third kappa shape index (κ3) is 2.57. The number of rotatable bonds is 5. The number of Topliss-reactive ketones (excluding diaryl/α,β-unsaturated/α-hetero) is 2. The lowest BCUT2D eigenvalue weighted by Gasteiger charge is -2.04. The number of benzene rings is 1. The van der Waals surface area contributed by atoms with E-state index in [9.17, 15) is 9.59 Å². The quantitative estimate of drug-likeness (QED) is 0.562. The van der Waals surface area contributed by atoms with E-state index in [1.54, 1.807) is 38.3 Å². The summed E-state index contributed by atoms with van der Waals surface area (Å²) in [5.41, 5.74) is 0.877. The molecule has 3 nitrogen and oxygen atoms in total. The monoisotopic (exact) mass is 218 g/mol.